The maximum absolute atomic E-state index is 11.7. The lowest BCUT2D eigenvalue weighted by Gasteiger charge is -2.05. The van der Waals surface area contributed by atoms with Gasteiger partial charge in [0.05, 0.1) is 7.11 Å². The summed E-state index contributed by atoms with van der Waals surface area (Å²) in [6.07, 6.45) is 0. The number of hydrogen-bond donors (Lipinski definition) is 0. The molecule has 17 heavy (non-hydrogen) atoms. The van der Waals surface area contributed by atoms with Crippen LogP contribution in [0.1, 0.15) is 0 Å². The Morgan fingerprint density at radius 1 is 1.24 bits per heavy atom. The van der Waals surface area contributed by atoms with Crippen molar-refractivity contribution in [2.45, 2.75) is 6.61 Å². The molecule has 98 valence electrons. The van der Waals surface area contributed by atoms with E-state index in [9.17, 15) is 8.78 Å². The predicted molar refractivity (Wildman–Crippen MR) is 60.3 cm³/mol. The molecule has 0 amide bonds. The van der Waals surface area contributed by atoms with Crippen molar-refractivity contribution in [2.75, 3.05) is 7.11 Å². The molecule has 0 N–H and O–H groups in total. The van der Waals surface area contributed by atoms with Crippen LogP contribution in [0, 0.1) is 0 Å². The molecule has 0 fully saturated rings. The third kappa shape index (κ3) is 11.5. The number of rotatable bonds is 3. The van der Waals surface area contributed by atoms with E-state index in [1.54, 1.807) is 12.1 Å². The summed E-state index contributed by atoms with van der Waals surface area (Å²) in [4.78, 5) is 0. The number of benzene rings is 1. The zero-order valence-electron chi connectivity index (χ0n) is 8.44. The quantitative estimate of drug-likeness (QED) is 0.805. The zero-order valence-corrected chi connectivity index (χ0v) is 10.8. The van der Waals surface area contributed by atoms with Gasteiger partial charge < -0.3 is 9.47 Å². The Morgan fingerprint density at radius 3 is 2.12 bits per heavy atom. The minimum absolute atomic E-state index is 0.101. The number of halogens is 4. The molecule has 0 unspecified atom stereocenters. The van der Waals surface area contributed by atoms with Crippen LogP contribution < -0.4 is 9.47 Å². The highest BCUT2D eigenvalue weighted by molar-refractivity contribution is 8.31. The largest absolute Gasteiger partial charge is 0.497 e. The summed E-state index contributed by atoms with van der Waals surface area (Å²) in [5.74, 6) is 0.595. The van der Waals surface area contributed by atoms with Crippen LogP contribution >= 0.6 is 21.4 Å². The molecule has 0 radical (unpaired) electrons. The van der Waals surface area contributed by atoms with Crippen LogP contribution in [0.4, 0.5) is 8.78 Å². The minimum atomic E-state index is -3.72. The van der Waals surface area contributed by atoms with Crippen molar-refractivity contribution in [1.82, 2.24) is 0 Å². The molecular formula is C8H8Cl2F2O4S. The van der Waals surface area contributed by atoms with Gasteiger partial charge >= 0.3 is 14.9 Å². The molecule has 0 spiro atoms. The first-order chi connectivity index (χ1) is 7.72. The zero-order chi connectivity index (χ0) is 13.5. The monoisotopic (exact) mass is 308 g/mol. The molecule has 0 saturated carbocycles. The second-order valence-electron chi connectivity index (χ2n) is 2.44. The molecule has 0 atom stereocenters. The van der Waals surface area contributed by atoms with Gasteiger partial charge in [0, 0.05) is 27.4 Å². The molecule has 0 bridgehead atoms. The second kappa shape index (κ2) is 7.52. The van der Waals surface area contributed by atoms with Crippen molar-refractivity contribution in [3.05, 3.63) is 24.3 Å². The Hall–Kier alpha value is -0.790. The van der Waals surface area contributed by atoms with Crippen LogP contribution in [-0.4, -0.2) is 22.1 Å². The fourth-order valence-corrected chi connectivity index (χ4v) is 0.777. The number of methoxy groups -OCH3 is 1. The van der Waals surface area contributed by atoms with Gasteiger partial charge in [-0.15, -0.1) is 0 Å². The first-order valence-corrected chi connectivity index (χ1v) is 7.09. The predicted octanol–water partition coefficient (Wildman–Crippen LogP) is 3.01. The molecule has 0 aliphatic heterocycles. The summed E-state index contributed by atoms with van der Waals surface area (Å²) in [5.41, 5.74) is 0. The van der Waals surface area contributed by atoms with E-state index in [4.69, 9.17) is 13.2 Å². The van der Waals surface area contributed by atoms with E-state index >= 15 is 0 Å². The SMILES string of the molecule is COc1cccc(OC(F)F)c1.O=S(=O)(Cl)Cl. The molecule has 0 saturated heterocycles. The first-order valence-electron chi connectivity index (χ1n) is 3.95. The molecule has 4 nitrogen and oxygen atoms in total. The summed E-state index contributed by atoms with van der Waals surface area (Å²) in [6, 6.07) is 6.07. The second-order valence-corrected chi connectivity index (χ2v) is 6.10. The number of alkyl halides is 2. The standard InChI is InChI=1S/C8H8F2O2.Cl2O2S/c1-11-6-3-2-4-7(5-6)12-8(9)10;1-5(2,3)4/h2-5,8H,1H3;. The van der Waals surface area contributed by atoms with Crippen molar-refractivity contribution in [3.63, 3.8) is 0 Å². The van der Waals surface area contributed by atoms with Crippen LogP contribution in [0.25, 0.3) is 0 Å². The normalized spacial score (nSPS) is 10.5. The van der Waals surface area contributed by atoms with E-state index in [0.29, 0.717) is 5.75 Å². The fraction of sp³-hybridized carbons (Fsp3) is 0.250. The molecule has 1 aromatic rings. The maximum Gasteiger partial charge on any atom is 0.387 e. The lowest BCUT2D eigenvalue weighted by molar-refractivity contribution is -0.0499. The molecule has 1 rings (SSSR count). The lowest BCUT2D eigenvalue weighted by atomic mass is 10.3. The van der Waals surface area contributed by atoms with Crippen LogP contribution in [0.5, 0.6) is 11.5 Å². The fourth-order valence-electron chi connectivity index (χ4n) is 0.777. The number of hydrogen-bond acceptors (Lipinski definition) is 4. The number of ether oxygens (including phenoxy) is 2. The van der Waals surface area contributed by atoms with Gasteiger partial charge in [0.15, 0.2) is 0 Å². The molecular weight excluding hydrogens is 301 g/mol. The van der Waals surface area contributed by atoms with Crippen LogP contribution in [0.3, 0.4) is 0 Å². The summed E-state index contributed by atoms with van der Waals surface area (Å²) < 4.78 is 50.7. The van der Waals surface area contributed by atoms with Gasteiger partial charge in [-0.2, -0.15) is 17.2 Å². The Morgan fingerprint density at radius 2 is 1.71 bits per heavy atom. The van der Waals surface area contributed by atoms with Crippen molar-refractivity contribution in [3.8, 4) is 11.5 Å². The third-order valence-corrected chi connectivity index (χ3v) is 1.27. The third-order valence-electron chi connectivity index (χ3n) is 1.27. The lowest BCUT2D eigenvalue weighted by Crippen LogP contribution is -2.01. The highest BCUT2D eigenvalue weighted by atomic mass is 36.0. The average Bonchev–Trinajstić information content (AvgIpc) is 2.14. The van der Waals surface area contributed by atoms with E-state index in [0.717, 1.165) is 0 Å². The highest BCUT2D eigenvalue weighted by Crippen LogP contribution is 2.20. The van der Waals surface area contributed by atoms with Gasteiger partial charge in [-0.3, -0.25) is 0 Å². The molecule has 0 heterocycles. The van der Waals surface area contributed by atoms with E-state index in [-0.39, 0.29) is 5.75 Å². The summed E-state index contributed by atoms with van der Waals surface area (Å²) in [6.45, 7) is -2.79. The Bertz CT molecular complexity index is 431. The Balaban J connectivity index is 0.000000437. The van der Waals surface area contributed by atoms with Crippen molar-refractivity contribution in [2.24, 2.45) is 0 Å². The van der Waals surface area contributed by atoms with Gasteiger partial charge in [-0.1, -0.05) is 6.07 Å². The van der Waals surface area contributed by atoms with Crippen molar-refractivity contribution in [1.29, 1.82) is 0 Å². The molecule has 9 heteroatoms. The van der Waals surface area contributed by atoms with Gasteiger partial charge in [-0.25, -0.2) is 0 Å². The van der Waals surface area contributed by atoms with Gasteiger partial charge in [0.2, 0.25) is 0 Å². The van der Waals surface area contributed by atoms with E-state index in [2.05, 4.69) is 26.1 Å². The minimum Gasteiger partial charge on any atom is -0.497 e. The summed E-state index contributed by atoms with van der Waals surface area (Å²) in [5, 5.41) is 0. The van der Waals surface area contributed by atoms with Crippen molar-refractivity contribution >= 4 is 29.6 Å². The molecule has 0 aliphatic rings. The smallest absolute Gasteiger partial charge is 0.387 e. The molecule has 1 aromatic carbocycles. The van der Waals surface area contributed by atoms with Crippen LogP contribution in [-0.2, 0) is 8.26 Å². The van der Waals surface area contributed by atoms with Gasteiger partial charge in [-0.05, 0) is 12.1 Å². The Labute approximate surface area is 106 Å². The Kier molecular flexibility index (Phi) is 7.17. The van der Waals surface area contributed by atoms with Gasteiger partial charge in [0.25, 0.3) is 0 Å². The van der Waals surface area contributed by atoms with Crippen LogP contribution in [0.15, 0.2) is 24.3 Å². The molecule has 0 aliphatic carbocycles. The molecule has 0 aromatic heterocycles. The first kappa shape index (κ1) is 16.2. The van der Waals surface area contributed by atoms with E-state index < -0.39 is 14.9 Å². The highest BCUT2D eigenvalue weighted by Gasteiger charge is 2.03. The maximum atomic E-state index is 11.7. The van der Waals surface area contributed by atoms with Crippen molar-refractivity contribution < 1.29 is 26.7 Å². The van der Waals surface area contributed by atoms with Gasteiger partial charge in [0.1, 0.15) is 11.5 Å². The summed E-state index contributed by atoms with van der Waals surface area (Å²) >= 11 is 0. The summed E-state index contributed by atoms with van der Waals surface area (Å²) in [7, 11) is 6.27. The van der Waals surface area contributed by atoms with E-state index in [1.807, 2.05) is 0 Å². The van der Waals surface area contributed by atoms with Crippen LogP contribution in [0.2, 0.25) is 0 Å². The average molecular weight is 309 g/mol. The topological polar surface area (TPSA) is 52.6 Å². The van der Waals surface area contributed by atoms with E-state index in [1.165, 1.54) is 19.2 Å².